The lowest BCUT2D eigenvalue weighted by Crippen LogP contribution is -2.49. The Morgan fingerprint density at radius 2 is 1.86 bits per heavy atom. The summed E-state index contributed by atoms with van der Waals surface area (Å²) >= 11 is 0. The van der Waals surface area contributed by atoms with Crippen molar-refractivity contribution in [2.24, 2.45) is 17.1 Å². The smallest absolute Gasteiger partial charge is 0.239 e. The first-order chi connectivity index (χ1) is 9.74. The molecule has 124 valence electrons. The van der Waals surface area contributed by atoms with Crippen LogP contribution in [-0.2, 0) is 9.59 Å². The quantitative estimate of drug-likeness (QED) is 0.509. The Labute approximate surface area is 129 Å². The van der Waals surface area contributed by atoms with Crippen LogP contribution in [0.1, 0.15) is 59.8 Å². The summed E-state index contributed by atoms with van der Waals surface area (Å²) in [6.07, 6.45) is 4.27. The van der Waals surface area contributed by atoms with Crippen LogP contribution in [0, 0.1) is 11.3 Å². The molecule has 0 aromatic heterocycles. The molecule has 5 nitrogen and oxygen atoms in total. The predicted molar refractivity (Wildman–Crippen MR) is 86.8 cm³/mol. The van der Waals surface area contributed by atoms with Gasteiger partial charge in [0.05, 0.1) is 0 Å². The van der Waals surface area contributed by atoms with Crippen LogP contribution in [0.2, 0.25) is 0 Å². The molecule has 0 fully saturated rings. The van der Waals surface area contributed by atoms with Crippen LogP contribution < -0.4 is 16.4 Å². The van der Waals surface area contributed by atoms with E-state index in [1.54, 1.807) is 0 Å². The van der Waals surface area contributed by atoms with Crippen LogP contribution in [0.5, 0.6) is 0 Å². The summed E-state index contributed by atoms with van der Waals surface area (Å²) in [6.45, 7) is 9.00. The minimum Gasteiger partial charge on any atom is -0.368 e. The number of nitrogens with one attached hydrogen (secondary N) is 2. The van der Waals surface area contributed by atoms with Gasteiger partial charge in [-0.25, -0.2) is 0 Å². The molecule has 0 spiro atoms. The lowest BCUT2D eigenvalue weighted by atomic mass is 9.81. The van der Waals surface area contributed by atoms with Gasteiger partial charge < -0.3 is 16.4 Å². The number of primary amides is 1. The molecular formula is C16H33N3O2. The van der Waals surface area contributed by atoms with Gasteiger partial charge in [0.25, 0.3) is 0 Å². The van der Waals surface area contributed by atoms with E-state index in [0.29, 0.717) is 12.3 Å². The molecule has 0 aromatic carbocycles. The molecule has 2 amide bonds. The minimum atomic E-state index is -0.564. The number of rotatable bonds is 11. The van der Waals surface area contributed by atoms with Crippen LogP contribution in [-0.4, -0.2) is 31.4 Å². The van der Waals surface area contributed by atoms with E-state index in [4.69, 9.17) is 5.73 Å². The Kier molecular flexibility index (Phi) is 9.26. The van der Waals surface area contributed by atoms with Crippen molar-refractivity contribution in [2.75, 3.05) is 13.6 Å². The summed E-state index contributed by atoms with van der Waals surface area (Å²) in [5.41, 5.74) is 4.92. The Hall–Kier alpha value is -1.10. The van der Waals surface area contributed by atoms with E-state index >= 15 is 0 Å². The number of hydrogen-bond acceptors (Lipinski definition) is 3. The molecule has 0 saturated heterocycles. The maximum Gasteiger partial charge on any atom is 0.239 e. The molecule has 0 aliphatic carbocycles. The summed E-state index contributed by atoms with van der Waals surface area (Å²) in [7, 11) is 1.89. The third kappa shape index (κ3) is 8.05. The zero-order valence-corrected chi connectivity index (χ0v) is 14.3. The van der Waals surface area contributed by atoms with Gasteiger partial charge in [-0.05, 0) is 45.2 Å². The lowest BCUT2D eigenvalue weighted by molar-refractivity contribution is -0.134. The average Bonchev–Trinajstić information content (AvgIpc) is 2.40. The standard InChI is InChI=1S/C16H33N3O2/c1-6-12(2)11-16(3,4)15(21)19-13(14(17)20)9-7-8-10-18-5/h12-13,18H,6-11H2,1-5H3,(H2,17,20)(H,19,21). The molecule has 5 heteroatoms. The van der Waals surface area contributed by atoms with Crippen molar-refractivity contribution in [3.05, 3.63) is 0 Å². The van der Waals surface area contributed by atoms with Gasteiger partial charge in [-0.2, -0.15) is 0 Å². The van der Waals surface area contributed by atoms with Gasteiger partial charge >= 0.3 is 0 Å². The number of hydrogen-bond donors (Lipinski definition) is 3. The first kappa shape index (κ1) is 19.9. The predicted octanol–water partition coefficient (Wildman–Crippen LogP) is 1.81. The third-order valence-electron chi connectivity index (χ3n) is 3.99. The molecule has 2 unspecified atom stereocenters. The van der Waals surface area contributed by atoms with Crippen molar-refractivity contribution in [2.45, 2.75) is 65.8 Å². The van der Waals surface area contributed by atoms with Crippen LogP contribution in [0.3, 0.4) is 0 Å². The Balaban J connectivity index is 4.48. The fourth-order valence-corrected chi connectivity index (χ4v) is 2.40. The summed E-state index contributed by atoms with van der Waals surface area (Å²) < 4.78 is 0. The molecule has 0 radical (unpaired) electrons. The zero-order chi connectivity index (χ0) is 16.5. The first-order valence-electron chi connectivity index (χ1n) is 7.99. The van der Waals surface area contributed by atoms with E-state index in [2.05, 4.69) is 24.5 Å². The van der Waals surface area contributed by atoms with E-state index in [9.17, 15) is 9.59 Å². The monoisotopic (exact) mass is 299 g/mol. The van der Waals surface area contributed by atoms with E-state index in [-0.39, 0.29) is 5.91 Å². The average molecular weight is 299 g/mol. The highest BCUT2D eigenvalue weighted by Gasteiger charge is 2.31. The SMILES string of the molecule is CCC(C)CC(C)(C)C(=O)NC(CCCCNC)C(N)=O. The normalized spacial score (nSPS) is 14.5. The lowest BCUT2D eigenvalue weighted by Gasteiger charge is -2.28. The van der Waals surface area contributed by atoms with Gasteiger partial charge in [-0.1, -0.05) is 34.1 Å². The van der Waals surface area contributed by atoms with E-state index in [0.717, 1.165) is 32.2 Å². The second kappa shape index (κ2) is 9.77. The number of carbonyl (C=O) groups excluding carboxylic acids is 2. The molecule has 0 aromatic rings. The van der Waals surface area contributed by atoms with Gasteiger partial charge in [0.15, 0.2) is 0 Å². The van der Waals surface area contributed by atoms with Crippen LogP contribution >= 0.6 is 0 Å². The highest BCUT2D eigenvalue weighted by molar-refractivity contribution is 5.88. The number of unbranched alkanes of at least 4 members (excludes halogenated alkanes) is 1. The minimum absolute atomic E-state index is 0.0831. The Morgan fingerprint density at radius 1 is 1.24 bits per heavy atom. The summed E-state index contributed by atoms with van der Waals surface area (Å²) in [5.74, 6) is -0.0548. The molecule has 0 aliphatic rings. The van der Waals surface area contributed by atoms with Crippen molar-refractivity contribution in [1.29, 1.82) is 0 Å². The highest BCUT2D eigenvalue weighted by Crippen LogP contribution is 2.27. The van der Waals surface area contributed by atoms with Crippen molar-refractivity contribution >= 4 is 11.8 Å². The molecular weight excluding hydrogens is 266 g/mol. The molecule has 4 N–H and O–H groups in total. The topological polar surface area (TPSA) is 84.2 Å². The second-order valence-corrected chi connectivity index (χ2v) is 6.63. The summed E-state index contributed by atoms with van der Waals surface area (Å²) in [5, 5.41) is 5.89. The Morgan fingerprint density at radius 3 is 2.33 bits per heavy atom. The fourth-order valence-electron chi connectivity index (χ4n) is 2.40. The van der Waals surface area contributed by atoms with Crippen molar-refractivity contribution in [3.63, 3.8) is 0 Å². The summed E-state index contributed by atoms with van der Waals surface area (Å²) in [4.78, 5) is 23.9. The van der Waals surface area contributed by atoms with Gasteiger partial charge in [-0.15, -0.1) is 0 Å². The molecule has 21 heavy (non-hydrogen) atoms. The first-order valence-corrected chi connectivity index (χ1v) is 7.99. The molecule has 0 bridgehead atoms. The van der Waals surface area contributed by atoms with Crippen molar-refractivity contribution in [1.82, 2.24) is 10.6 Å². The van der Waals surface area contributed by atoms with Gasteiger partial charge in [-0.3, -0.25) is 9.59 Å². The van der Waals surface area contributed by atoms with Gasteiger partial charge in [0.1, 0.15) is 6.04 Å². The second-order valence-electron chi connectivity index (χ2n) is 6.63. The molecule has 0 saturated carbocycles. The van der Waals surface area contributed by atoms with E-state index in [1.807, 2.05) is 20.9 Å². The molecule has 0 heterocycles. The maximum absolute atomic E-state index is 12.4. The van der Waals surface area contributed by atoms with Crippen molar-refractivity contribution < 1.29 is 9.59 Å². The largest absolute Gasteiger partial charge is 0.368 e. The molecule has 2 atom stereocenters. The number of carbonyl (C=O) groups is 2. The van der Waals surface area contributed by atoms with E-state index in [1.165, 1.54) is 0 Å². The highest BCUT2D eigenvalue weighted by atomic mass is 16.2. The van der Waals surface area contributed by atoms with E-state index < -0.39 is 17.4 Å². The molecule has 0 rings (SSSR count). The third-order valence-corrected chi connectivity index (χ3v) is 3.99. The summed E-state index contributed by atoms with van der Waals surface area (Å²) in [6, 6.07) is -0.564. The van der Waals surface area contributed by atoms with Crippen LogP contribution in [0.25, 0.3) is 0 Å². The number of amides is 2. The molecule has 0 aliphatic heterocycles. The van der Waals surface area contributed by atoms with Crippen LogP contribution in [0.4, 0.5) is 0 Å². The van der Waals surface area contributed by atoms with Gasteiger partial charge in [0, 0.05) is 5.41 Å². The van der Waals surface area contributed by atoms with Crippen LogP contribution in [0.15, 0.2) is 0 Å². The Bertz CT molecular complexity index is 329. The zero-order valence-electron chi connectivity index (χ0n) is 14.3. The van der Waals surface area contributed by atoms with Gasteiger partial charge in [0.2, 0.25) is 11.8 Å². The maximum atomic E-state index is 12.4. The van der Waals surface area contributed by atoms with Crippen molar-refractivity contribution in [3.8, 4) is 0 Å². The fraction of sp³-hybridized carbons (Fsp3) is 0.875. The number of nitrogens with two attached hydrogens (primary N) is 1.